The summed E-state index contributed by atoms with van der Waals surface area (Å²) in [4.78, 5) is 10.2. The maximum absolute atomic E-state index is 5.08. The van der Waals surface area contributed by atoms with Crippen LogP contribution in [-0.4, -0.2) is 9.97 Å². The Labute approximate surface area is 296 Å². The first-order valence-electron chi connectivity index (χ1n) is 17.4. The molecule has 0 radical (unpaired) electrons. The van der Waals surface area contributed by atoms with Crippen molar-refractivity contribution in [3.05, 3.63) is 176 Å². The van der Waals surface area contributed by atoms with Crippen LogP contribution in [0.3, 0.4) is 0 Å². The zero-order chi connectivity index (χ0) is 33.5. The summed E-state index contributed by atoms with van der Waals surface area (Å²) in [6.07, 6.45) is 3.96. The van der Waals surface area contributed by atoms with Crippen molar-refractivity contribution < 1.29 is 0 Å². The van der Waals surface area contributed by atoms with Crippen LogP contribution in [0.1, 0.15) is 0 Å². The third kappa shape index (κ3) is 4.40. The van der Waals surface area contributed by atoms with E-state index >= 15 is 0 Å². The van der Waals surface area contributed by atoms with E-state index in [2.05, 4.69) is 164 Å². The minimum atomic E-state index is -1.05. The number of benzene rings is 9. The Hall–Kier alpha value is -6.21. The molecule has 11 rings (SSSR count). The van der Waals surface area contributed by atoms with Gasteiger partial charge in [0.15, 0.2) is 0 Å². The lowest BCUT2D eigenvalue weighted by atomic mass is 9.90. The van der Waals surface area contributed by atoms with Crippen molar-refractivity contribution >= 4 is 88.7 Å². The van der Waals surface area contributed by atoms with Crippen LogP contribution in [0.5, 0.6) is 0 Å². The van der Waals surface area contributed by atoms with Gasteiger partial charge in [0, 0.05) is 20.3 Å². The Morgan fingerprint density at radius 1 is 0.333 bits per heavy atom. The van der Waals surface area contributed by atoms with Crippen LogP contribution in [0.2, 0.25) is 0 Å². The molecule has 11 aromatic rings. The zero-order valence-corrected chi connectivity index (χ0v) is 28.5. The van der Waals surface area contributed by atoms with Crippen LogP contribution in [0, 0.1) is 0 Å². The summed E-state index contributed by atoms with van der Waals surface area (Å²) in [5.74, 6) is 0. The lowest BCUT2D eigenvalue weighted by Gasteiger charge is -2.20. The molecule has 9 aromatic carbocycles. The van der Waals surface area contributed by atoms with Gasteiger partial charge in [-0.2, -0.15) is 0 Å². The van der Waals surface area contributed by atoms with E-state index in [1.165, 1.54) is 92.2 Å². The van der Waals surface area contributed by atoms with E-state index in [1.807, 2.05) is 12.4 Å². The molecule has 0 unspecified atom stereocenters. The Kier molecular flexibility index (Phi) is 6.26. The van der Waals surface area contributed by atoms with Crippen molar-refractivity contribution in [2.45, 2.75) is 0 Å². The largest absolute Gasteiger partial charge is 0.256 e. The van der Waals surface area contributed by atoms with Crippen molar-refractivity contribution in [2.75, 3.05) is 0 Å². The first-order chi connectivity index (χ1) is 25.3. The molecule has 2 aromatic heterocycles. The van der Waals surface area contributed by atoms with Crippen molar-refractivity contribution in [2.24, 2.45) is 0 Å². The minimum absolute atomic E-state index is 1.04. The number of hydrogen-bond donors (Lipinski definition) is 0. The maximum Gasteiger partial charge on any atom is 0.0743 e. The fourth-order valence-electron chi connectivity index (χ4n) is 8.35. The van der Waals surface area contributed by atoms with Gasteiger partial charge in [-0.05, 0) is 116 Å². The molecule has 236 valence electrons. The molecule has 0 fully saturated rings. The molecule has 2 heterocycles. The summed E-state index contributed by atoms with van der Waals surface area (Å²) >= 11 is 0. The Morgan fingerprint density at radius 3 is 1.22 bits per heavy atom. The van der Waals surface area contributed by atoms with Crippen molar-refractivity contribution in [3.63, 3.8) is 0 Å². The molecular formula is C48H29N2P. The number of pyridine rings is 2. The number of nitrogens with zero attached hydrogens (tertiary/aromatic N) is 2. The lowest BCUT2D eigenvalue weighted by molar-refractivity contribution is 1.37. The van der Waals surface area contributed by atoms with Crippen molar-refractivity contribution in [1.29, 1.82) is 0 Å². The lowest BCUT2D eigenvalue weighted by Crippen LogP contribution is -2.24. The second-order valence-corrected chi connectivity index (χ2v) is 15.5. The number of aromatic nitrogens is 2. The highest BCUT2D eigenvalue weighted by Gasteiger charge is 2.22. The molecule has 0 atom stereocenters. The van der Waals surface area contributed by atoms with Gasteiger partial charge in [-0.15, -0.1) is 0 Å². The van der Waals surface area contributed by atoms with Crippen molar-refractivity contribution in [3.8, 4) is 22.3 Å². The van der Waals surface area contributed by atoms with Gasteiger partial charge in [-0.25, -0.2) is 0 Å². The van der Waals surface area contributed by atoms with Crippen molar-refractivity contribution in [1.82, 2.24) is 9.97 Å². The zero-order valence-electron chi connectivity index (χ0n) is 27.6. The average molecular weight is 665 g/mol. The molecule has 0 bridgehead atoms. The summed E-state index contributed by atoms with van der Waals surface area (Å²) in [6, 6.07) is 60.1. The molecule has 0 spiro atoms. The molecular weight excluding hydrogens is 636 g/mol. The van der Waals surface area contributed by atoms with Gasteiger partial charge in [0.1, 0.15) is 0 Å². The van der Waals surface area contributed by atoms with Gasteiger partial charge < -0.3 is 0 Å². The molecule has 0 aliphatic carbocycles. The maximum atomic E-state index is 5.08. The Morgan fingerprint density at radius 2 is 0.745 bits per heavy atom. The summed E-state index contributed by atoms with van der Waals surface area (Å²) in [5, 5.41) is 16.8. The van der Waals surface area contributed by atoms with Crippen LogP contribution in [-0.2, 0) is 0 Å². The smallest absolute Gasteiger partial charge is 0.0743 e. The first kappa shape index (κ1) is 28.6. The SMILES string of the molecule is c1ccc(P(c2cc(-c3ccc4ccc5cccc6ccc3c4c56)ccn2)c2cc(-c3ccc4ccc5cccc6ccc3c4c56)ccn2)cc1. The van der Waals surface area contributed by atoms with Gasteiger partial charge in [-0.1, -0.05) is 140 Å². The second-order valence-electron chi connectivity index (χ2n) is 13.4. The molecule has 0 amide bonds. The summed E-state index contributed by atoms with van der Waals surface area (Å²) in [6.45, 7) is 0. The first-order valence-corrected chi connectivity index (χ1v) is 18.7. The highest BCUT2D eigenvalue weighted by Crippen LogP contribution is 2.42. The quantitative estimate of drug-likeness (QED) is 0.135. The summed E-state index contributed by atoms with van der Waals surface area (Å²) in [7, 11) is -1.05. The molecule has 0 aliphatic heterocycles. The monoisotopic (exact) mass is 664 g/mol. The van der Waals surface area contributed by atoms with E-state index in [1.54, 1.807) is 0 Å². The number of rotatable bonds is 5. The minimum Gasteiger partial charge on any atom is -0.256 e. The Bertz CT molecular complexity index is 2870. The van der Waals surface area contributed by atoms with E-state index < -0.39 is 7.92 Å². The molecule has 2 nitrogen and oxygen atoms in total. The molecule has 0 aliphatic rings. The summed E-state index contributed by atoms with van der Waals surface area (Å²) in [5.41, 5.74) is 6.87. The van der Waals surface area contributed by atoms with Crippen LogP contribution in [0.25, 0.3) is 86.9 Å². The standard InChI is InChI=1S/C48H29N2P/c1-2-10-38(11-3-1)51(43-28-36(24-26-49-43)39-20-16-34-14-12-30-6-4-8-32-18-22-41(39)47(34)45(30)32)44-29-37(25-27-50-44)40-21-17-35-15-13-31-7-5-9-33-19-23-42(40)48(35)46(31)33/h1-29H. The molecule has 0 N–H and O–H groups in total. The van der Waals surface area contributed by atoms with Gasteiger partial charge in [0.2, 0.25) is 0 Å². The van der Waals surface area contributed by atoms with Gasteiger partial charge in [0.25, 0.3) is 0 Å². The van der Waals surface area contributed by atoms with Crippen LogP contribution >= 0.6 is 7.92 Å². The van der Waals surface area contributed by atoms with Gasteiger partial charge >= 0.3 is 0 Å². The highest BCUT2D eigenvalue weighted by atomic mass is 31.1. The van der Waals surface area contributed by atoms with E-state index in [9.17, 15) is 0 Å². The predicted molar refractivity (Wildman–Crippen MR) is 219 cm³/mol. The second kappa shape index (κ2) is 11.2. The van der Waals surface area contributed by atoms with E-state index in [4.69, 9.17) is 9.97 Å². The fraction of sp³-hybridized carbons (Fsp3) is 0. The molecule has 0 saturated heterocycles. The Balaban J connectivity index is 1.08. The third-order valence-corrected chi connectivity index (χ3v) is 12.9. The van der Waals surface area contributed by atoms with E-state index in [0.29, 0.717) is 0 Å². The van der Waals surface area contributed by atoms with E-state index in [-0.39, 0.29) is 0 Å². The molecule has 3 heteroatoms. The number of hydrogen-bond acceptors (Lipinski definition) is 2. The van der Waals surface area contributed by atoms with E-state index in [0.717, 1.165) is 10.9 Å². The van der Waals surface area contributed by atoms with Gasteiger partial charge in [0.05, 0.1) is 10.9 Å². The molecule has 0 saturated carbocycles. The average Bonchev–Trinajstić information content (AvgIpc) is 3.20. The summed E-state index contributed by atoms with van der Waals surface area (Å²) < 4.78 is 0. The normalized spacial score (nSPS) is 12.1. The van der Waals surface area contributed by atoms with Crippen LogP contribution < -0.4 is 16.2 Å². The molecule has 51 heavy (non-hydrogen) atoms. The highest BCUT2D eigenvalue weighted by molar-refractivity contribution is 7.79. The van der Waals surface area contributed by atoms with Gasteiger partial charge in [-0.3, -0.25) is 9.97 Å². The van der Waals surface area contributed by atoms with Crippen LogP contribution in [0.4, 0.5) is 0 Å². The topological polar surface area (TPSA) is 25.8 Å². The predicted octanol–water partition coefficient (Wildman–Crippen LogP) is 11.4. The van der Waals surface area contributed by atoms with Crippen LogP contribution in [0.15, 0.2) is 176 Å². The third-order valence-electron chi connectivity index (χ3n) is 10.6. The fourth-order valence-corrected chi connectivity index (χ4v) is 10.5.